The molecule has 0 radical (unpaired) electrons. The van der Waals surface area contributed by atoms with Gasteiger partial charge >= 0.3 is 0 Å². The summed E-state index contributed by atoms with van der Waals surface area (Å²) in [5.74, 6) is 0.416. The summed E-state index contributed by atoms with van der Waals surface area (Å²) >= 11 is 4.39. The van der Waals surface area contributed by atoms with E-state index in [9.17, 15) is 9.59 Å². The molecule has 4 rings (SSSR count). The van der Waals surface area contributed by atoms with E-state index in [1.54, 1.807) is 11.3 Å². The second-order valence-corrected chi connectivity index (χ2v) is 9.67. The molecule has 0 aliphatic carbocycles. The van der Waals surface area contributed by atoms with Crippen molar-refractivity contribution in [2.75, 3.05) is 5.75 Å². The molecule has 3 aromatic rings. The highest BCUT2D eigenvalue weighted by Gasteiger charge is 2.28. The van der Waals surface area contributed by atoms with Gasteiger partial charge in [-0.15, -0.1) is 22.7 Å². The number of hydrogen-bond acceptors (Lipinski definition) is 6. The number of likely N-dealkylation sites (tertiary alicyclic amines) is 1. The molecule has 1 aliphatic rings. The predicted molar refractivity (Wildman–Crippen MR) is 114 cm³/mol. The van der Waals surface area contributed by atoms with Gasteiger partial charge in [0.25, 0.3) is 5.56 Å². The second kappa shape index (κ2) is 7.77. The van der Waals surface area contributed by atoms with Crippen LogP contribution in [0.1, 0.15) is 33.1 Å². The fourth-order valence-corrected chi connectivity index (χ4v) is 6.28. The largest absolute Gasteiger partial charge is 0.337 e. The Balaban J connectivity index is 1.53. The van der Waals surface area contributed by atoms with Crippen molar-refractivity contribution in [3.05, 3.63) is 33.2 Å². The highest BCUT2D eigenvalue weighted by molar-refractivity contribution is 7.99. The van der Waals surface area contributed by atoms with Gasteiger partial charge in [0.1, 0.15) is 4.83 Å². The van der Waals surface area contributed by atoms with Crippen molar-refractivity contribution in [2.45, 2.75) is 50.4 Å². The first-order valence-electron chi connectivity index (χ1n) is 9.04. The predicted octanol–water partition coefficient (Wildman–Crippen LogP) is 4.59. The molecule has 1 aliphatic heterocycles. The van der Waals surface area contributed by atoms with E-state index in [1.165, 1.54) is 29.5 Å². The molecule has 8 heteroatoms. The molecule has 27 heavy (non-hydrogen) atoms. The Morgan fingerprint density at radius 1 is 1.33 bits per heavy atom. The first-order chi connectivity index (χ1) is 13.0. The van der Waals surface area contributed by atoms with Gasteiger partial charge in [0.2, 0.25) is 5.91 Å². The number of piperidine rings is 1. The molecule has 5 nitrogen and oxygen atoms in total. The van der Waals surface area contributed by atoms with Crippen LogP contribution in [0, 0.1) is 0 Å². The molecule has 0 spiro atoms. The number of carbonyl (C=O) groups excluding carboxylic acids is 1. The molecule has 1 N–H and O–H groups in total. The van der Waals surface area contributed by atoms with Crippen LogP contribution in [0.4, 0.5) is 0 Å². The summed E-state index contributed by atoms with van der Waals surface area (Å²) < 4.78 is 0. The van der Waals surface area contributed by atoms with Gasteiger partial charge in [-0.2, -0.15) is 0 Å². The Morgan fingerprint density at radius 2 is 2.11 bits per heavy atom. The van der Waals surface area contributed by atoms with Crippen molar-refractivity contribution >= 4 is 50.6 Å². The van der Waals surface area contributed by atoms with Crippen molar-refractivity contribution in [2.24, 2.45) is 0 Å². The van der Waals surface area contributed by atoms with Gasteiger partial charge < -0.3 is 9.88 Å². The first kappa shape index (κ1) is 18.7. The molecule has 0 unspecified atom stereocenters. The minimum absolute atomic E-state index is 0.118. The van der Waals surface area contributed by atoms with E-state index in [2.05, 4.69) is 23.8 Å². The minimum atomic E-state index is -0.140. The van der Waals surface area contributed by atoms with Gasteiger partial charge in [0, 0.05) is 27.9 Å². The van der Waals surface area contributed by atoms with Crippen LogP contribution in [0.2, 0.25) is 0 Å². The minimum Gasteiger partial charge on any atom is -0.337 e. The third-order valence-corrected chi connectivity index (χ3v) is 7.66. The standard InChI is InChI=1S/C19H21N3O2S3/c1-11-5-3-6-12(2)22(11)15(23)10-27-19-20-17(24)16-13(9-26-18(16)21-19)14-7-4-8-25-14/h4,7-9,11-12H,3,5-6,10H2,1-2H3,(H,20,21,24)/t11-,12+. The highest BCUT2D eigenvalue weighted by Crippen LogP contribution is 2.34. The van der Waals surface area contributed by atoms with E-state index in [1.807, 2.05) is 27.8 Å². The molecule has 0 bridgehead atoms. The zero-order chi connectivity index (χ0) is 19.0. The fraction of sp³-hybridized carbons (Fsp3) is 0.421. The Morgan fingerprint density at radius 3 is 2.81 bits per heavy atom. The number of aromatic amines is 1. The number of nitrogens with zero attached hydrogens (tertiary/aromatic N) is 2. The number of carbonyl (C=O) groups is 1. The summed E-state index contributed by atoms with van der Waals surface area (Å²) in [4.78, 5) is 36.5. The van der Waals surface area contributed by atoms with Crippen LogP contribution in [0.5, 0.6) is 0 Å². The highest BCUT2D eigenvalue weighted by atomic mass is 32.2. The number of aromatic nitrogens is 2. The number of thioether (sulfide) groups is 1. The summed E-state index contributed by atoms with van der Waals surface area (Å²) in [6.45, 7) is 4.23. The third-order valence-electron chi connectivity index (χ3n) is 5.02. The maximum absolute atomic E-state index is 12.7. The summed E-state index contributed by atoms with van der Waals surface area (Å²) in [5, 5.41) is 5.13. The first-order valence-corrected chi connectivity index (χ1v) is 11.8. The molecule has 1 fully saturated rings. The summed E-state index contributed by atoms with van der Waals surface area (Å²) in [6.07, 6.45) is 3.29. The van der Waals surface area contributed by atoms with Gasteiger partial charge in [-0.25, -0.2) is 4.98 Å². The number of rotatable bonds is 4. The van der Waals surface area contributed by atoms with Crippen molar-refractivity contribution in [3.63, 3.8) is 0 Å². The van der Waals surface area contributed by atoms with Crippen LogP contribution in [-0.2, 0) is 4.79 Å². The lowest BCUT2D eigenvalue weighted by molar-refractivity contribution is -0.134. The number of fused-ring (bicyclic) bond motifs is 1. The quantitative estimate of drug-likeness (QED) is 0.496. The van der Waals surface area contributed by atoms with Crippen molar-refractivity contribution in [1.29, 1.82) is 0 Å². The summed E-state index contributed by atoms with van der Waals surface area (Å²) in [5.41, 5.74) is 0.793. The smallest absolute Gasteiger partial charge is 0.260 e. The molecule has 4 heterocycles. The van der Waals surface area contributed by atoms with Gasteiger partial charge in [-0.1, -0.05) is 17.8 Å². The van der Waals surface area contributed by atoms with Gasteiger partial charge in [0.05, 0.1) is 11.1 Å². The van der Waals surface area contributed by atoms with Crippen LogP contribution < -0.4 is 5.56 Å². The second-order valence-electron chi connectivity index (χ2n) is 6.90. The lowest BCUT2D eigenvalue weighted by Crippen LogP contribution is -2.48. The van der Waals surface area contributed by atoms with Gasteiger partial charge in [-0.05, 0) is 44.6 Å². The van der Waals surface area contributed by atoms with Crippen molar-refractivity contribution in [3.8, 4) is 10.4 Å². The van der Waals surface area contributed by atoms with Crippen molar-refractivity contribution < 1.29 is 4.79 Å². The molecule has 1 saturated heterocycles. The summed E-state index contributed by atoms with van der Waals surface area (Å²) in [6, 6.07) is 4.54. The normalized spacial score (nSPS) is 20.3. The topological polar surface area (TPSA) is 66.1 Å². The zero-order valence-corrected chi connectivity index (χ0v) is 17.7. The summed E-state index contributed by atoms with van der Waals surface area (Å²) in [7, 11) is 0. The van der Waals surface area contributed by atoms with Crippen LogP contribution in [0.25, 0.3) is 20.7 Å². The van der Waals surface area contributed by atoms with Crippen LogP contribution in [0.15, 0.2) is 32.8 Å². The van der Waals surface area contributed by atoms with E-state index in [-0.39, 0.29) is 23.6 Å². The van der Waals surface area contributed by atoms with Crippen LogP contribution >= 0.6 is 34.4 Å². The Bertz CT molecular complexity index is 999. The zero-order valence-electron chi connectivity index (χ0n) is 15.2. The van der Waals surface area contributed by atoms with Gasteiger partial charge in [-0.3, -0.25) is 9.59 Å². The Kier molecular flexibility index (Phi) is 5.39. The maximum Gasteiger partial charge on any atom is 0.260 e. The molecule has 0 saturated carbocycles. The Hall–Kier alpha value is -1.64. The van der Waals surface area contributed by atoms with Crippen LogP contribution in [0.3, 0.4) is 0 Å². The molecule has 142 valence electrons. The maximum atomic E-state index is 12.7. The van der Waals surface area contributed by atoms with Crippen LogP contribution in [-0.4, -0.2) is 38.6 Å². The number of nitrogens with one attached hydrogen (secondary N) is 1. The lowest BCUT2D eigenvalue weighted by Gasteiger charge is -2.39. The molecular weight excluding hydrogens is 398 g/mol. The third kappa shape index (κ3) is 3.70. The molecule has 1 amide bonds. The average Bonchev–Trinajstić information content (AvgIpc) is 3.29. The molecule has 2 atom stereocenters. The number of amides is 1. The lowest BCUT2D eigenvalue weighted by atomic mass is 9.98. The van der Waals surface area contributed by atoms with E-state index in [0.29, 0.717) is 16.3 Å². The van der Waals surface area contributed by atoms with E-state index in [0.717, 1.165) is 28.1 Å². The van der Waals surface area contributed by atoms with Gasteiger partial charge in [0.15, 0.2) is 5.16 Å². The van der Waals surface area contributed by atoms with Crippen molar-refractivity contribution in [1.82, 2.24) is 14.9 Å². The van der Waals surface area contributed by atoms with E-state index < -0.39 is 0 Å². The Labute approximate surface area is 169 Å². The SMILES string of the molecule is C[C@@H]1CCC[C@H](C)N1C(=O)CSc1nc2scc(-c3cccs3)c2c(=O)[nH]1. The molecule has 3 aromatic heterocycles. The fourth-order valence-electron chi connectivity index (χ4n) is 3.73. The van der Waals surface area contributed by atoms with E-state index in [4.69, 9.17) is 0 Å². The molecular formula is C19H21N3O2S3. The number of thiophene rings is 2. The molecule has 0 aromatic carbocycles. The number of H-pyrrole nitrogens is 1. The van der Waals surface area contributed by atoms with E-state index >= 15 is 0 Å². The average molecular weight is 420 g/mol. The monoisotopic (exact) mass is 419 g/mol. The number of hydrogen-bond donors (Lipinski definition) is 1.